The summed E-state index contributed by atoms with van der Waals surface area (Å²) >= 11 is 13.3. The van der Waals surface area contributed by atoms with Crippen molar-refractivity contribution in [2.45, 2.75) is 18.2 Å². The Balaban J connectivity index is 1.36. The van der Waals surface area contributed by atoms with Crippen LogP contribution in [0.15, 0.2) is 47.9 Å². The lowest BCUT2D eigenvalue weighted by molar-refractivity contribution is 0.980. The fourth-order valence-electron chi connectivity index (χ4n) is 3.87. The van der Waals surface area contributed by atoms with Crippen LogP contribution in [0.1, 0.15) is 23.4 Å². The lowest BCUT2D eigenvalue weighted by Crippen LogP contribution is -2.17. The summed E-state index contributed by atoms with van der Waals surface area (Å²) in [5.41, 5.74) is 3.92. The summed E-state index contributed by atoms with van der Waals surface area (Å²) in [4.78, 5) is 20.7. The number of nitriles is 1. The van der Waals surface area contributed by atoms with E-state index in [4.69, 9.17) is 33.4 Å². The van der Waals surface area contributed by atoms with Crippen LogP contribution in [0.25, 0.3) is 17.0 Å². The number of hydrogen-bond donors (Lipinski definition) is 3. The molecule has 8 nitrogen and oxygen atoms in total. The second-order valence-electron chi connectivity index (χ2n) is 8.02. The Labute approximate surface area is 200 Å². The zero-order valence-electron chi connectivity index (χ0n) is 17.7. The number of rotatable bonds is 7. The van der Waals surface area contributed by atoms with Gasteiger partial charge in [0.15, 0.2) is 0 Å². The number of hydrogen-bond acceptors (Lipinski definition) is 7. The zero-order valence-corrected chi connectivity index (χ0v) is 19.2. The lowest BCUT2D eigenvalue weighted by atomic mass is 9.97. The summed E-state index contributed by atoms with van der Waals surface area (Å²) in [6.45, 7) is 3.12. The number of aromatic nitrogens is 5. The minimum atomic E-state index is -0.545. The molecular formula is C23H20Cl2N8. The van der Waals surface area contributed by atoms with Crippen molar-refractivity contribution in [3.8, 4) is 17.5 Å². The second-order valence-corrected chi connectivity index (χ2v) is 9.13. The number of fused-ring (bicyclic) bond motifs is 1. The van der Waals surface area contributed by atoms with Crippen LogP contribution >= 0.6 is 23.2 Å². The lowest BCUT2D eigenvalue weighted by Gasteiger charge is -2.19. The van der Waals surface area contributed by atoms with E-state index in [9.17, 15) is 0 Å². The van der Waals surface area contributed by atoms with Crippen LogP contribution in [0.2, 0.25) is 0 Å². The topological polar surface area (TPSA) is 115 Å². The van der Waals surface area contributed by atoms with Gasteiger partial charge in [-0.3, -0.25) is 0 Å². The fraction of sp³-hybridized carbons (Fsp3) is 0.261. The van der Waals surface area contributed by atoms with Crippen molar-refractivity contribution in [3.63, 3.8) is 0 Å². The Bertz CT molecular complexity index is 1300. The third-order valence-electron chi connectivity index (χ3n) is 5.69. The predicted molar refractivity (Wildman–Crippen MR) is 129 cm³/mol. The number of nitrogens with one attached hydrogen (secondary N) is 3. The van der Waals surface area contributed by atoms with E-state index >= 15 is 0 Å². The van der Waals surface area contributed by atoms with Crippen molar-refractivity contribution in [2.24, 2.45) is 5.92 Å². The molecule has 166 valence electrons. The number of allylic oxidation sites excluding steroid dienone is 4. The van der Waals surface area contributed by atoms with Crippen LogP contribution in [0.3, 0.4) is 0 Å². The van der Waals surface area contributed by atoms with Crippen molar-refractivity contribution >= 4 is 40.5 Å². The molecular weight excluding hydrogens is 459 g/mol. The summed E-state index contributed by atoms with van der Waals surface area (Å²) in [5.74, 6) is 2.00. The van der Waals surface area contributed by atoms with E-state index in [-0.39, 0.29) is 5.92 Å². The zero-order chi connectivity index (χ0) is 23.0. The van der Waals surface area contributed by atoms with Crippen LogP contribution in [0.4, 0.5) is 11.8 Å². The molecule has 0 aromatic carbocycles. The summed E-state index contributed by atoms with van der Waals surface area (Å²) in [5, 5.41) is 16.1. The maximum absolute atomic E-state index is 8.86. The summed E-state index contributed by atoms with van der Waals surface area (Å²) < 4.78 is 0. The molecule has 2 atom stereocenters. The minimum Gasteiger partial charge on any atom is -0.368 e. The molecule has 3 aromatic heterocycles. The average molecular weight is 479 g/mol. The van der Waals surface area contributed by atoms with Crippen LogP contribution in [0, 0.1) is 24.2 Å². The maximum Gasteiger partial charge on any atom is 0.223 e. The predicted octanol–water partition coefficient (Wildman–Crippen LogP) is 4.48. The highest BCUT2D eigenvalue weighted by atomic mass is 35.5. The monoisotopic (exact) mass is 478 g/mol. The van der Waals surface area contributed by atoms with Crippen molar-refractivity contribution in [1.29, 1.82) is 5.26 Å². The standard InChI is InChI=1S/C23H20Cl2N8/c1-13-10-30-21(32-13)15-12-31-22(28-7-6-27-19-5-2-14(9-26)11-29-19)33-20(15)16-3-4-18(24)17-8-23(16,17)25/h2-5,10-12,17H,6-8H2,1H3,(H,27,29)(H,30,32)(H,28,31,33). The quantitative estimate of drug-likeness (QED) is 0.338. The number of halogens is 2. The molecule has 1 fully saturated rings. The number of alkyl halides is 1. The second kappa shape index (κ2) is 8.50. The molecule has 3 aromatic rings. The molecule has 2 aliphatic carbocycles. The van der Waals surface area contributed by atoms with Gasteiger partial charge in [0.1, 0.15) is 17.7 Å². The molecule has 33 heavy (non-hydrogen) atoms. The number of pyridine rings is 1. The number of aryl methyl sites for hydroxylation is 1. The Kier molecular flexibility index (Phi) is 5.52. The molecule has 3 heterocycles. The van der Waals surface area contributed by atoms with E-state index in [1.807, 2.05) is 19.1 Å². The van der Waals surface area contributed by atoms with Gasteiger partial charge in [0.05, 0.1) is 21.7 Å². The summed E-state index contributed by atoms with van der Waals surface area (Å²) in [7, 11) is 0. The van der Waals surface area contributed by atoms with E-state index in [2.05, 4.69) is 36.6 Å². The van der Waals surface area contributed by atoms with Crippen molar-refractivity contribution in [2.75, 3.05) is 23.7 Å². The average Bonchev–Trinajstić information content (AvgIpc) is 3.37. The van der Waals surface area contributed by atoms with Crippen LogP contribution < -0.4 is 10.6 Å². The first-order valence-electron chi connectivity index (χ1n) is 10.5. The van der Waals surface area contributed by atoms with E-state index in [0.717, 1.165) is 34.0 Å². The van der Waals surface area contributed by atoms with E-state index in [0.29, 0.717) is 36.2 Å². The number of imidazole rings is 1. The first-order valence-corrected chi connectivity index (χ1v) is 11.2. The molecule has 0 aliphatic heterocycles. The molecule has 10 heteroatoms. The third-order valence-corrected chi connectivity index (χ3v) is 6.70. The van der Waals surface area contributed by atoms with Crippen molar-refractivity contribution in [1.82, 2.24) is 24.9 Å². The summed E-state index contributed by atoms with van der Waals surface area (Å²) in [6, 6.07) is 5.55. The Morgan fingerprint density at radius 2 is 2.00 bits per heavy atom. The highest BCUT2D eigenvalue weighted by Gasteiger charge is 2.59. The van der Waals surface area contributed by atoms with Gasteiger partial charge < -0.3 is 15.6 Å². The van der Waals surface area contributed by atoms with E-state index in [1.54, 1.807) is 24.5 Å². The van der Waals surface area contributed by atoms with Crippen LogP contribution in [-0.2, 0) is 0 Å². The van der Waals surface area contributed by atoms with Crippen molar-refractivity contribution in [3.05, 3.63) is 64.9 Å². The highest BCUT2D eigenvalue weighted by Crippen LogP contribution is 2.63. The molecule has 0 saturated heterocycles. The molecule has 5 rings (SSSR count). The third kappa shape index (κ3) is 4.17. The molecule has 2 unspecified atom stereocenters. The van der Waals surface area contributed by atoms with Crippen LogP contribution in [-0.4, -0.2) is 42.9 Å². The Hall–Kier alpha value is -3.41. The maximum atomic E-state index is 8.86. The first-order chi connectivity index (χ1) is 16.0. The van der Waals surface area contributed by atoms with Crippen LogP contribution in [0.5, 0.6) is 0 Å². The smallest absolute Gasteiger partial charge is 0.223 e. The van der Waals surface area contributed by atoms with Gasteiger partial charge in [-0.1, -0.05) is 17.7 Å². The van der Waals surface area contributed by atoms with E-state index in [1.165, 1.54) is 6.20 Å². The van der Waals surface area contributed by atoms with Gasteiger partial charge >= 0.3 is 0 Å². The Morgan fingerprint density at radius 3 is 2.73 bits per heavy atom. The van der Waals surface area contributed by atoms with Gasteiger partial charge in [0, 0.05) is 53.9 Å². The van der Waals surface area contributed by atoms with Gasteiger partial charge in [-0.05, 0) is 31.6 Å². The largest absolute Gasteiger partial charge is 0.368 e. The molecule has 1 saturated carbocycles. The number of nitrogens with zero attached hydrogens (tertiary/aromatic N) is 5. The van der Waals surface area contributed by atoms with Gasteiger partial charge in [-0.25, -0.2) is 19.9 Å². The summed E-state index contributed by atoms with van der Waals surface area (Å²) in [6.07, 6.45) is 9.69. The first kappa shape index (κ1) is 21.4. The number of H-pyrrole nitrogens is 1. The molecule has 0 amide bonds. The van der Waals surface area contributed by atoms with Gasteiger partial charge in [0.2, 0.25) is 5.95 Å². The van der Waals surface area contributed by atoms with Gasteiger partial charge in [-0.2, -0.15) is 5.26 Å². The SMILES string of the molecule is Cc1cnc(-c2cnc(NCCNc3ccc(C#N)cn3)nc2C2=CC=C(Cl)C3CC23Cl)[nH]1. The molecule has 0 spiro atoms. The molecule has 2 aliphatic rings. The van der Waals surface area contributed by atoms with Gasteiger partial charge in [-0.15, -0.1) is 11.6 Å². The minimum absolute atomic E-state index is 0.113. The number of anilines is 2. The molecule has 3 N–H and O–H groups in total. The molecule has 0 bridgehead atoms. The normalized spacial score (nSPS) is 20.8. The highest BCUT2D eigenvalue weighted by molar-refractivity contribution is 6.38. The molecule has 0 radical (unpaired) electrons. The van der Waals surface area contributed by atoms with Gasteiger partial charge in [0.25, 0.3) is 0 Å². The van der Waals surface area contributed by atoms with E-state index < -0.39 is 4.87 Å². The van der Waals surface area contributed by atoms with Crippen molar-refractivity contribution < 1.29 is 0 Å². The fourth-order valence-corrected chi connectivity index (χ4v) is 4.68. The Morgan fingerprint density at radius 1 is 1.15 bits per heavy atom. The number of aromatic amines is 1.